The van der Waals surface area contributed by atoms with Gasteiger partial charge in [0, 0.05) is 18.2 Å². The third-order valence-corrected chi connectivity index (χ3v) is 2.60. The molecule has 1 aromatic carbocycles. The van der Waals surface area contributed by atoms with Gasteiger partial charge in [-0.1, -0.05) is 24.9 Å². The number of rotatable bonds is 5. The van der Waals surface area contributed by atoms with Gasteiger partial charge >= 0.3 is 0 Å². The van der Waals surface area contributed by atoms with Gasteiger partial charge in [-0.25, -0.2) is 4.39 Å². The lowest BCUT2D eigenvalue weighted by Gasteiger charge is -2.10. The highest BCUT2D eigenvalue weighted by molar-refractivity contribution is 6.31. The van der Waals surface area contributed by atoms with Crippen LogP contribution in [-0.2, 0) is 4.79 Å². The summed E-state index contributed by atoms with van der Waals surface area (Å²) < 4.78 is 12.9. The molecule has 0 spiro atoms. The largest absolute Gasteiger partial charge is 0.327 e. The van der Waals surface area contributed by atoms with Crippen molar-refractivity contribution in [3.8, 4) is 0 Å². The topological polar surface area (TPSA) is 55.1 Å². The van der Waals surface area contributed by atoms with Gasteiger partial charge in [0.15, 0.2) is 0 Å². The Hall–Kier alpha value is -1.13. The molecular formula is C12H16ClFN2O. The predicted molar refractivity (Wildman–Crippen MR) is 67.5 cm³/mol. The van der Waals surface area contributed by atoms with Crippen LogP contribution in [0.3, 0.4) is 0 Å². The molecule has 0 aromatic heterocycles. The molecule has 3 N–H and O–H groups in total. The number of nitrogens with one attached hydrogen (secondary N) is 1. The minimum absolute atomic E-state index is 0.0133. The fourth-order valence-corrected chi connectivity index (χ4v) is 1.68. The zero-order valence-electron chi connectivity index (χ0n) is 9.67. The first-order valence-corrected chi connectivity index (χ1v) is 5.91. The molecule has 0 aliphatic heterocycles. The highest BCUT2D eigenvalue weighted by atomic mass is 35.5. The third kappa shape index (κ3) is 4.71. The van der Waals surface area contributed by atoms with E-state index in [0.29, 0.717) is 5.69 Å². The van der Waals surface area contributed by atoms with Gasteiger partial charge in [0.2, 0.25) is 5.91 Å². The smallest absolute Gasteiger partial charge is 0.225 e. The molecule has 5 heteroatoms. The Bertz CT molecular complexity index is 398. The molecule has 0 radical (unpaired) electrons. The van der Waals surface area contributed by atoms with Gasteiger partial charge in [0.25, 0.3) is 0 Å². The van der Waals surface area contributed by atoms with Gasteiger partial charge in [-0.3, -0.25) is 4.79 Å². The maximum absolute atomic E-state index is 12.9. The summed E-state index contributed by atoms with van der Waals surface area (Å²) in [5, 5.41) is 2.62. The number of anilines is 1. The molecule has 0 heterocycles. The molecule has 0 bridgehead atoms. The molecule has 94 valence electrons. The lowest BCUT2D eigenvalue weighted by Crippen LogP contribution is -2.26. The van der Waals surface area contributed by atoms with Gasteiger partial charge in [0.1, 0.15) is 5.82 Å². The van der Waals surface area contributed by atoms with E-state index in [0.717, 1.165) is 12.8 Å². The minimum atomic E-state index is -0.507. The highest BCUT2D eigenvalue weighted by Gasteiger charge is 2.09. The van der Waals surface area contributed by atoms with Crippen LogP contribution in [0.4, 0.5) is 10.1 Å². The number of carbonyl (C=O) groups excluding carboxylic acids is 1. The summed E-state index contributed by atoms with van der Waals surface area (Å²) in [7, 11) is 0. The molecule has 1 amide bonds. The van der Waals surface area contributed by atoms with Crippen LogP contribution in [-0.4, -0.2) is 11.9 Å². The van der Waals surface area contributed by atoms with Crippen LogP contribution in [0, 0.1) is 5.82 Å². The minimum Gasteiger partial charge on any atom is -0.327 e. The maximum atomic E-state index is 12.9. The van der Waals surface area contributed by atoms with Crippen molar-refractivity contribution in [3.63, 3.8) is 0 Å². The Kier molecular flexibility index (Phi) is 5.38. The maximum Gasteiger partial charge on any atom is 0.225 e. The Morgan fingerprint density at radius 2 is 2.29 bits per heavy atom. The summed E-state index contributed by atoms with van der Waals surface area (Å²) in [5.74, 6) is -0.694. The van der Waals surface area contributed by atoms with Crippen molar-refractivity contribution < 1.29 is 9.18 Å². The molecule has 1 unspecified atom stereocenters. The average molecular weight is 259 g/mol. The molecule has 1 aromatic rings. The van der Waals surface area contributed by atoms with E-state index in [1.165, 1.54) is 18.2 Å². The van der Waals surface area contributed by atoms with Gasteiger partial charge in [0.05, 0.1) is 5.02 Å². The van der Waals surface area contributed by atoms with Crippen LogP contribution >= 0.6 is 11.6 Å². The number of nitrogens with two attached hydrogens (primary N) is 1. The van der Waals surface area contributed by atoms with Crippen molar-refractivity contribution in [1.82, 2.24) is 0 Å². The predicted octanol–water partition coefficient (Wildman–Crippen LogP) is 2.94. The fourth-order valence-electron chi connectivity index (χ4n) is 1.50. The van der Waals surface area contributed by atoms with Crippen molar-refractivity contribution in [3.05, 3.63) is 29.0 Å². The Morgan fingerprint density at radius 1 is 1.59 bits per heavy atom. The van der Waals surface area contributed by atoms with Crippen LogP contribution in [0.2, 0.25) is 5.02 Å². The van der Waals surface area contributed by atoms with Crippen molar-refractivity contribution in [2.75, 3.05) is 5.32 Å². The molecule has 1 atom stereocenters. The Balaban J connectivity index is 2.53. The molecule has 17 heavy (non-hydrogen) atoms. The van der Waals surface area contributed by atoms with Crippen LogP contribution in [0.25, 0.3) is 0 Å². The summed E-state index contributed by atoms with van der Waals surface area (Å²) in [6.07, 6.45) is 2.00. The van der Waals surface area contributed by atoms with Crippen molar-refractivity contribution in [1.29, 1.82) is 0 Å². The van der Waals surface area contributed by atoms with Gasteiger partial charge < -0.3 is 11.1 Å². The number of halogens is 2. The van der Waals surface area contributed by atoms with E-state index in [1.807, 2.05) is 6.92 Å². The second-order valence-corrected chi connectivity index (χ2v) is 4.34. The zero-order chi connectivity index (χ0) is 12.8. The summed E-state index contributed by atoms with van der Waals surface area (Å²) in [6, 6.07) is 3.91. The average Bonchev–Trinajstić information content (AvgIpc) is 2.23. The summed E-state index contributed by atoms with van der Waals surface area (Å²) in [6.45, 7) is 2.01. The molecular weight excluding hydrogens is 243 g/mol. The van der Waals surface area contributed by atoms with Crippen molar-refractivity contribution >= 4 is 23.2 Å². The standard InChI is InChI=1S/C12H16ClFN2O/c1-2-3-8(15)6-12(17)16-9-4-5-11(14)10(13)7-9/h4-5,7-8H,2-3,6,15H2,1H3,(H,16,17). The lowest BCUT2D eigenvalue weighted by atomic mass is 10.1. The molecule has 3 nitrogen and oxygen atoms in total. The third-order valence-electron chi connectivity index (χ3n) is 2.31. The first-order chi connectivity index (χ1) is 8.02. The number of hydrogen-bond donors (Lipinski definition) is 2. The van der Waals surface area contributed by atoms with E-state index < -0.39 is 5.82 Å². The molecule has 0 saturated heterocycles. The quantitative estimate of drug-likeness (QED) is 0.853. The van der Waals surface area contributed by atoms with E-state index >= 15 is 0 Å². The van der Waals surface area contributed by atoms with Gasteiger partial charge in [-0.05, 0) is 24.6 Å². The summed E-state index contributed by atoms with van der Waals surface area (Å²) in [5.41, 5.74) is 6.22. The fraction of sp³-hybridized carbons (Fsp3) is 0.417. The van der Waals surface area contributed by atoms with Crippen molar-refractivity contribution in [2.45, 2.75) is 32.2 Å². The van der Waals surface area contributed by atoms with E-state index in [-0.39, 0.29) is 23.4 Å². The van der Waals surface area contributed by atoms with E-state index in [2.05, 4.69) is 5.32 Å². The molecule has 0 fully saturated rings. The van der Waals surface area contributed by atoms with Crippen molar-refractivity contribution in [2.24, 2.45) is 5.73 Å². The normalized spacial score (nSPS) is 12.2. The second-order valence-electron chi connectivity index (χ2n) is 3.93. The SMILES string of the molecule is CCCC(N)CC(=O)Nc1ccc(F)c(Cl)c1. The number of carbonyl (C=O) groups is 1. The molecule has 0 aliphatic rings. The summed E-state index contributed by atoms with van der Waals surface area (Å²) in [4.78, 5) is 11.6. The van der Waals surface area contributed by atoms with Crippen LogP contribution < -0.4 is 11.1 Å². The molecule has 0 aliphatic carbocycles. The molecule has 1 rings (SSSR count). The van der Waals surface area contributed by atoms with Crippen LogP contribution in [0.15, 0.2) is 18.2 Å². The van der Waals surface area contributed by atoms with Crippen LogP contribution in [0.5, 0.6) is 0 Å². The summed E-state index contributed by atoms with van der Waals surface area (Å²) >= 11 is 5.60. The van der Waals surface area contributed by atoms with Crippen LogP contribution in [0.1, 0.15) is 26.2 Å². The molecule has 0 saturated carbocycles. The number of benzene rings is 1. The second kappa shape index (κ2) is 6.57. The van der Waals surface area contributed by atoms with E-state index in [9.17, 15) is 9.18 Å². The monoisotopic (exact) mass is 258 g/mol. The van der Waals surface area contributed by atoms with E-state index in [1.54, 1.807) is 0 Å². The Labute approximate surface area is 105 Å². The lowest BCUT2D eigenvalue weighted by molar-refractivity contribution is -0.116. The zero-order valence-corrected chi connectivity index (χ0v) is 10.4. The van der Waals surface area contributed by atoms with E-state index in [4.69, 9.17) is 17.3 Å². The highest BCUT2D eigenvalue weighted by Crippen LogP contribution is 2.19. The van der Waals surface area contributed by atoms with Gasteiger partial charge in [-0.2, -0.15) is 0 Å². The Morgan fingerprint density at radius 3 is 2.88 bits per heavy atom. The first kappa shape index (κ1) is 13.9. The first-order valence-electron chi connectivity index (χ1n) is 5.53. The number of amides is 1. The number of hydrogen-bond acceptors (Lipinski definition) is 2. The van der Waals surface area contributed by atoms with Gasteiger partial charge in [-0.15, -0.1) is 0 Å².